The van der Waals surface area contributed by atoms with Crippen molar-refractivity contribution in [2.24, 2.45) is 0 Å². The first-order valence-corrected chi connectivity index (χ1v) is 6.10. The molecule has 0 aliphatic heterocycles. The molecule has 2 aromatic rings. The number of ether oxygens (including phenoxy) is 2. The van der Waals surface area contributed by atoms with Gasteiger partial charge in [-0.05, 0) is 28.9 Å². The third kappa shape index (κ3) is 2.03. The molecule has 96 valence electrons. The minimum atomic E-state index is 0.454. The lowest BCUT2D eigenvalue weighted by atomic mass is 10.0. The van der Waals surface area contributed by atoms with Crippen LogP contribution >= 0.6 is 15.9 Å². The van der Waals surface area contributed by atoms with Crippen LogP contribution < -0.4 is 15.2 Å². The highest BCUT2D eigenvalue weighted by atomic mass is 79.9. The molecule has 0 aliphatic carbocycles. The van der Waals surface area contributed by atoms with E-state index < -0.39 is 0 Å². The van der Waals surface area contributed by atoms with Crippen molar-refractivity contribution in [1.29, 1.82) is 0 Å². The summed E-state index contributed by atoms with van der Waals surface area (Å²) in [7, 11) is 3.22. The number of H-pyrrole nitrogens is 1. The van der Waals surface area contributed by atoms with Crippen LogP contribution in [0.1, 0.15) is 5.56 Å². The maximum absolute atomic E-state index is 5.62. The second-order valence-corrected chi connectivity index (χ2v) is 4.66. The van der Waals surface area contributed by atoms with Gasteiger partial charge in [0.05, 0.1) is 24.4 Å². The zero-order valence-electron chi connectivity index (χ0n) is 10.4. The number of rotatable bonds is 3. The number of aromatic amines is 1. The van der Waals surface area contributed by atoms with Gasteiger partial charge < -0.3 is 15.2 Å². The summed E-state index contributed by atoms with van der Waals surface area (Å²) in [5, 5.41) is 6.81. The molecule has 0 spiro atoms. The van der Waals surface area contributed by atoms with Crippen LogP contribution in [0.15, 0.2) is 16.6 Å². The van der Waals surface area contributed by atoms with E-state index >= 15 is 0 Å². The molecule has 1 aromatic heterocycles. The van der Waals surface area contributed by atoms with Crippen LogP contribution in [-0.4, -0.2) is 24.4 Å². The van der Waals surface area contributed by atoms with E-state index in [1.165, 1.54) is 0 Å². The predicted molar refractivity (Wildman–Crippen MR) is 74.0 cm³/mol. The zero-order valence-corrected chi connectivity index (χ0v) is 12.0. The van der Waals surface area contributed by atoms with Gasteiger partial charge in [-0.2, -0.15) is 5.10 Å². The van der Waals surface area contributed by atoms with Gasteiger partial charge in [-0.25, -0.2) is 0 Å². The van der Waals surface area contributed by atoms with Crippen molar-refractivity contribution in [2.45, 2.75) is 6.92 Å². The van der Waals surface area contributed by atoms with Gasteiger partial charge in [0.1, 0.15) is 5.82 Å². The van der Waals surface area contributed by atoms with Crippen molar-refractivity contribution in [3.8, 4) is 22.8 Å². The molecule has 2 rings (SSSR count). The monoisotopic (exact) mass is 311 g/mol. The van der Waals surface area contributed by atoms with E-state index in [1.54, 1.807) is 20.3 Å². The summed E-state index contributed by atoms with van der Waals surface area (Å²) < 4.78 is 11.5. The van der Waals surface area contributed by atoms with Crippen LogP contribution in [0.3, 0.4) is 0 Å². The van der Waals surface area contributed by atoms with Gasteiger partial charge in [0.2, 0.25) is 0 Å². The van der Waals surface area contributed by atoms with E-state index in [0.717, 1.165) is 21.3 Å². The van der Waals surface area contributed by atoms with Gasteiger partial charge in [0.15, 0.2) is 11.5 Å². The molecule has 0 bridgehead atoms. The smallest absolute Gasteiger partial charge is 0.175 e. The third-order valence-corrected chi connectivity index (χ3v) is 3.32. The van der Waals surface area contributed by atoms with Crippen LogP contribution in [0.5, 0.6) is 11.5 Å². The second-order valence-electron chi connectivity index (χ2n) is 3.80. The predicted octanol–water partition coefficient (Wildman–Crippen LogP) is 2.75. The summed E-state index contributed by atoms with van der Waals surface area (Å²) in [5.41, 5.74) is 8.38. The fraction of sp³-hybridized carbons (Fsp3) is 0.250. The van der Waals surface area contributed by atoms with E-state index in [0.29, 0.717) is 17.3 Å². The van der Waals surface area contributed by atoms with Gasteiger partial charge in [0, 0.05) is 17.2 Å². The van der Waals surface area contributed by atoms with Crippen LogP contribution in [-0.2, 0) is 0 Å². The van der Waals surface area contributed by atoms with E-state index in [4.69, 9.17) is 15.2 Å². The number of nitrogens with one attached hydrogen (secondary N) is 1. The topological polar surface area (TPSA) is 73.2 Å². The number of methoxy groups -OCH3 is 2. The number of anilines is 1. The average molecular weight is 312 g/mol. The molecule has 0 fully saturated rings. The fourth-order valence-corrected chi connectivity index (χ4v) is 2.46. The minimum Gasteiger partial charge on any atom is -0.493 e. The van der Waals surface area contributed by atoms with Crippen molar-refractivity contribution in [3.63, 3.8) is 0 Å². The molecule has 0 unspecified atom stereocenters. The van der Waals surface area contributed by atoms with Crippen molar-refractivity contribution in [2.75, 3.05) is 20.0 Å². The quantitative estimate of drug-likeness (QED) is 0.914. The summed E-state index contributed by atoms with van der Waals surface area (Å²) in [6.07, 6.45) is 0. The van der Waals surface area contributed by atoms with Gasteiger partial charge in [0.25, 0.3) is 0 Å². The molecule has 1 heterocycles. The molecule has 5 nitrogen and oxygen atoms in total. The third-order valence-electron chi connectivity index (χ3n) is 2.73. The summed E-state index contributed by atoms with van der Waals surface area (Å²) in [5.74, 6) is 1.82. The zero-order chi connectivity index (χ0) is 13.3. The number of halogens is 1. The van der Waals surface area contributed by atoms with Crippen LogP contribution in [0, 0.1) is 6.92 Å². The van der Waals surface area contributed by atoms with E-state index in [1.807, 2.05) is 13.0 Å². The van der Waals surface area contributed by atoms with Crippen molar-refractivity contribution in [1.82, 2.24) is 10.2 Å². The highest BCUT2D eigenvalue weighted by molar-refractivity contribution is 9.10. The molecule has 0 saturated carbocycles. The maximum atomic E-state index is 5.62. The number of benzene rings is 1. The van der Waals surface area contributed by atoms with Crippen molar-refractivity contribution in [3.05, 3.63) is 22.2 Å². The summed E-state index contributed by atoms with van der Waals surface area (Å²) in [6.45, 7) is 1.96. The standard InChI is InChI=1S/C12H14BrN3O2/c1-6-7(9-5-10(14)16-15-9)4-8(13)12(18-3)11(6)17-2/h4-5H,1-3H3,(H3,14,15,16). The van der Waals surface area contributed by atoms with Gasteiger partial charge in [-0.15, -0.1) is 0 Å². The number of nitrogens with two attached hydrogens (primary N) is 1. The number of hydrogen-bond donors (Lipinski definition) is 2. The number of nitrogens with zero attached hydrogens (tertiary/aromatic N) is 1. The Morgan fingerprint density at radius 1 is 1.22 bits per heavy atom. The number of aromatic nitrogens is 2. The SMILES string of the molecule is COc1c(Br)cc(-c2cc(N)n[nH]2)c(C)c1OC. The molecule has 0 amide bonds. The van der Waals surface area contributed by atoms with Crippen molar-refractivity contribution < 1.29 is 9.47 Å². The minimum absolute atomic E-state index is 0.454. The number of hydrogen-bond acceptors (Lipinski definition) is 4. The normalized spacial score (nSPS) is 10.4. The first-order valence-electron chi connectivity index (χ1n) is 5.30. The Bertz CT molecular complexity index is 581. The molecule has 6 heteroatoms. The Morgan fingerprint density at radius 3 is 2.39 bits per heavy atom. The average Bonchev–Trinajstić information content (AvgIpc) is 2.77. The lowest BCUT2D eigenvalue weighted by Gasteiger charge is -2.15. The molecule has 18 heavy (non-hydrogen) atoms. The molecule has 0 atom stereocenters. The van der Waals surface area contributed by atoms with Crippen molar-refractivity contribution >= 4 is 21.7 Å². The maximum Gasteiger partial charge on any atom is 0.175 e. The van der Waals surface area contributed by atoms with Crippen LogP contribution in [0.2, 0.25) is 0 Å². The van der Waals surface area contributed by atoms with E-state index in [9.17, 15) is 0 Å². The molecule has 0 aliphatic rings. The molecular weight excluding hydrogens is 298 g/mol. The number of nitrogen functional groups attached to an aromatic ring is 1. The van der Waals surface area contributed by atoms with Crippen LogP contribution in [0.25, 0.3) is 11.3 Å². The molecular formula is C12H14BrN3O2. The molecule has 0 saturated heterocycles. The Kier molecular flexibility index (Phi) is 3.47. The first kappa shape index (κ1) is 12.8. The lowest BCUT2D eigenvalue weighted by Crippen LogP contribution is -1.96. The van der Waals surface area contributed by atoms with Gasteiger partial charge in [-0.1, -0.05) is 0 Å². The second kappa shape index (κ2) is 4.89. The van der Waals surface area contributed by atoms with E-state index in [2.05, 4.69) is 26.1 Å². The summed E-state index contributed by atoms with van der Waals surface area (Å²) in [6, 6.07) is 3.73. The Balaban J connectivity index is 2.66. The Labute approximate surface area is 113 Å². The lowest BCUT2D eigenvalue weighted by molar-refractivity contribution is 0.351. The molecule has 3 N–H and O–H groups in total. The van der Waals surface area contributed by atoms with Gasteiger partial charge >= 0.3 is 0 Å². The van der Waals surface area contributed by atoms with E-state index in [-0.39, 0.29) is 0 Å². The largest absolute Gasteiger partial charge is 0.493 e. The summed E-state index contributed by atoms with van der Waals surface area (Å²) in [4.78, 5) is 0. The Morgan fingerprint density at radius 2 is 1.89 bits per heavy atom. The fourth-order valence-electron chi connectivity index (χ4n) is 1.89. The molecule has 0 radical (unpaired) electrons. The van der Waals surface area contributed by atoms with Gasteiger partial charge in [-0.3, -0.25) is 5.10 Å². The van der Waals surface area contributed by atoms with Crippen LogP contribution in [0.4, 0.5) is 5.82 Å². The molecule has 1 aromatic carbocycles. The first-order chi connectivity index (χ1) is 8.58. The highest BCUT2D eigenvalue weighted by Crippen LogP contribution is 2.42. The highest BCUT2D eigenvalue weighted by Gasteiger charge is 2.17. The summed E-state index contributed by atoms with van der Waals surface area (Å²) >= 11 is 3.47. The Hall–Kier alpha value is -1.69.